The monoisotopic (exact) mass is 407 g/mol. The largest absolute Gasteiger partial charge is 0.464 e. The Morgan fingerprint density at radius 3 is 2.52 bits per heavy atom. The van der Waals surface area contributed by atoms with E-state index in [-0.39, 0.29) is 5.69 Å². The number of esters is 1. The molecular weight excluding hydrogens is 398 g/mol. The van der Waals surface area contributed by atoms with Crippen molar-refractivity contribution >= 4 is 28.6 Å². The summed E-state index contributed by atoms with van der Waals surface area (Å²) >= 11 is 1.89. The number of ether oxygens (including phenoxy) is 1. The number of methoxy groups -OCH3 is 1. The normalized spacial score (nSPS) is 11.3. The summed E-state index contributed by atoms with van der Waals surface area (Å²) in [6.07, 6.45) is -3.05. The lowest BCUT2D eigenvalue weighted by molar-refractivity contribution is -0.137. The van der Waals surface area contributed by atoms with Gasteiger partial charge >= 0.3 is 12.1 Å². The molecule has 0 aliphatic rings. The minimum Gasteiger partial charge on any atom is -0.464 e. The predicted molar refractivity (Wildman–Crippen MR) is 78.7 cm³/mol. The van der Waals surface area contributed by atoms with E-state index < -0.39 is 17.7 Å². The Kier molecular flexibility index (Phi) is 4.50. The number of hydrogen-bond acceptors (Lipinski definition) is 3. The van der Waals surface area contributed by atoms with Gasteiger partial charge in [0.05, 0.1) is 12.7 Å². The van der Waals surface area contributed by atoms with Crippen LogP contribution in [0.15, 0.2) is 36.5 Å². The Hall–Kier alpha value is -1.64. The molecule has 1 aromatic carbocycles. The maximum absolute atomic E-state index is 12.7. The molecule has 110 valence electrons. The van der Waals surface area contributed by atoms with E-state index in [1.807, 2.05) is 22.6 Å². The van der Waals surface area contributed by atoms with E-state index in [2.05, 4.69) is 9.72 Å². The first-order valence-corrected chi connectivity index (χ1v) is 6.82. The summed E-state index contributed by atoms with van der Waals surface area (Å²) in [5.41, 5.74) is 0.283. The van der Waals surface area contributed by atoms with E-state index in [1.165, 1.54) is 19.4 Å². The van der Waals surface area contributed by atoms with E-state index in [4.69, 9.17) is 0 Å². The summed E-state index contributed by atoms with van der Waals surface area (Å²) in [5.74, 6) is -0.588. The highest BCUT2D eigenvalue weighted by Crippen LogP contribution is 2.32. The van der Waals surface area contributed by atoms with Crippen LogP contribution < -0.4 is 0 Å². The fraction of sp³-hybridized carbons (Fsp3) is 0.143. The Morgan fingerprint density at radius 1 is 1.24 bits per heavy atom. The molecule has 0 amide bonds. The topological polar surface area (TPSA) is 39.2 Å². The molecule has 1 aromatic heterocycles. The van der Waals surface area contributed by atoms with Gasteiger partial charge in [0.25, 0.3) is 0 Å². The lowest BCUT2D eigenvalue weighted by atomic mass is 10.0. The molecule has 0 atom stereocenters. The molecule has 1 heterocycles. The van der Waals surface area contributed by atoms with E-state index in [0.29, 0.717) is 14.7 Å². The highest BCUT2D eigenvalue weighted by molar-refractivity contribution is 14.1. The Balaban J connectivity index is 2.44. The molecule has 0 fully saturated rings. The SMILES string of the molecule is COC(=O)c1ncc(-c2cccc(C(F)(F)F)c2)cc1I. The van der Waals surface area contributed by atoms with E-state index in [0.717, 1.165) is 12.1 Å². The second kappa shape index (κ2) is 6.00. The highest BCUT2D eigenvalue weighted by Gasteiger charge is 2.30. The average molecular weight is 407 g/mol. The fourth-order valence-corrected chi connectivity index (χ4v) is 2.41. The number of pyridine rings is 1. The molecule has 0 saturated carbocycles. The Bertz CT molecular complexity index is 686. The van der Waals surface area contributed by atoms with Crippen LogP contribution in [-0.4, -0.2) is 18.1 Å². The van der Waals surface area contributed by atoms with Gasteiger partial charge in [-0.2, -0.15) is 13.2 Å². The molecule has 0 radical (unpaired) electrons. The molecule has 7 heteroatoms. The number of carbonyl (C=O) groups excluding carboxylic acids is 1. The number of rotatable bonds is 2. The maximum atomic E-state index is 12.7. The van der Waals surface area contributed by atoms with Gasteiger partial charge in [0, 0.05) is 15.3 Å². The number of alkyl halides is 3. The summed E-state index contributed by atoms with van der Waals surface area (Å²) < 4.78 is 43.2. The molecule has 0 aliphatic carbocycles. The lowest BCUT2D eigenvalue weighted by Gasteiger charge is -2.09. The standard InChI is InChI=1S/C14H9F3INO2/c1-21-13(20)12-11(18)6-9(7-19-12)8-3-2-4-10(5-8)14(15,16)17/h2-7H,1H3. The Labute approximate surface area is 132 Å². The minimum absolute atomic E-state index is 0.133. The van der Waals surface area contributed by atoms with Crippen molar-refractivity contribution in [1.82, 2.24) is 4.98 Å². The molecule has 0 aliphatic heterocycles. The molecule has 0 bridgehead atoms. The predicted octanol–water partition coefficient (Wildman–Crippen LogP) is 4.16. The van der Waals surface area contributed by atoms with Gasteiger partial charge < -0.3 is 4.74 Å². The van der Waals surface area contributed by atoms with Gasteiger partial charge in [-0.05, 0) is 46.4 Å². The highest BCUT2D eigenvalue weighted by atomic mass is 127. The van der Waals surface area contributed by atoms with Gasteiger partial charge in [-0.15, -0.1) is 0 Å². The summed E-state index contributed by atoms with van der Waals surface area (Å²) in [7, 11) is 1.24. The van der Waals surface area contributed by atoms with E-state index in [9.17, 15) is 18.0 Å². The number of carbonyl (C=O) groups is 1. The minimum atomic E-state index is -4.40. The molecular formula is C14H9F3INO2. The molecule has 0 unspecified atom stereocenters. The fourth-order valence-electron chi connectivity index (χ4n) is 1.72. The number of halogens is 4. The summed E-state index contributed by atoms with van der Waals surface area (Å²) in [6.45, 7) is 0. The number of aromatic nitrogens is 1. The Morgan fingerprint density at radius 2 is 1.95 bits per heavy atom. The second-order valence-corrected chi connectivity index (χ2v) is 5.29. The zero-order valence-electron chi connectivity index (χ0n) is 10.7. The van der Waals surface area contributed by atoms with Gasteiger partial charge in [-0.25, -0.2) is 9.78 Å². The van der Waals surface area contributed by atoms with Crippen molar-refractivity contribution in [2.45, 2.75) is 6.18 Å². The lowest BCUT2D eigenvalue weighted by Crippen LogP contribution is -2.07. The van der Waals surface area contributed by atoms with Crippen molar-refractivity contribution < 1.29 is 22.7 Å². The maximum Gasteiger partial charge on any atom is 0.416 e. The van der Waals surface area contributed by atoms with Gasteiger partial charge in [0.2, 0.25) is 0 Å². The number of hydrogen-bond donors (Lipinski definition) is 0. The van der Waals surface area contributed by atoms with Crippen LogP contribution >= 0.6 is 22.6 Å². The van der Waals surface area contributed by atoms with Crippen molar-refractivity contribution in [3.63, 3.8) is 0 Å². The molecule has 0 saturated heterocycles. The molecule has 3 nitrogen and oxygen atoms in total. The van der Waals surface area contributed by atoms with Gasteiger partial charge in [0.15, 0.2) is 5.69 Å². The molecule has 0 spiro atoms. The van der Waals surface area contributed by atoms with Crippen LogP contribution in [0.3, 0.4) is 0 Å². The van der Waals surface area contributed by atoms with Gasteiger partial charge in [0.1, 0.15) is 0 Å². The van der Waals surface area contributed by atoms with Crippen molar-refractivity contribution in [2.75, 3.05) is 7.11 Å². The van der Waals surface area contributed by atoms with E-state index in [1.54, 1.807) is 12.1 Å². The van der Waals surface area contributed by atoms with Crippen molar-refractivity contribution in [3.8, 4) is 11.1 Å². The van der Waals surface area contributed by atoms with Gasteiger partial charge in [-0.3, -0.25) is 0 Å². The third kappa shape index (κ3) is 3.52. The zero-order chi connectivity index (χ0) is 15.6. The van der Waals surface area contributed by atoms with Crippen LogP contribution in [0, 0.1) is 3.57 Å². The molecule has 2 rings (SSSR count). The second-order valence-electron chi connectivity index (χ2n) is 4.12. The summed E-state index contributed by atoms with van der Waals surface area (Å²) in [6, 6.07) is 6.53. The summed E-state index contributed by atoms with van der Waals surface area (Å²) in [5, 5.41) is 0. The first kappa shape index (κ1) is 15.7. The summed E-state index contributed by atoms with van der Waals surface area (Å²) in [4.78, 5) is 15.4. The smallest absolute Gasteiger partial charge is 0.416 e. The molecule has 2 aromatic rings. The molecule has 0 N–H and O–H groups in total. The van der Waals surface area contributed by atoms with Crippen LogP contribution in [0.5, 0.6) is 0 Å². The van der Waals surface area contributed by atoms with E-state index >= 15 is 0 Å². The van der Waals surface area contributed by atoms with Crippen LogP contribution in [-0.2, 0) is 10.9 Å². The number of benzene rings is 1. The first-order chi connectivity index (χ1) is 9.82. The van der Waals surface area contributed by atoms with Crippen LogP contribution in [0.2, 0.25) is 0 Å². The van der Waals surface area contributed by atoms with Gasteiger partial charge in [-0.1, -0.05) is 12.1 Å². The third-order valence-electron chi connectivity index (χ3n) is 2.74. The van der Waals surface area contributed by atoms with Crippen molar-refractivity contribution in [3.05, 3.63) is 51.4 Å². The van der Waals surface area contributed by atoms with Crippen molar-refractivity contribution in [2.24, 2.45) is 0 Å². The van der Waals surface area contributed by atoms with Crippen LogP contribution in [0.25, 0.3) is 11.1 Å². The van der Waals surface area contributed by atoms with Crippen LogP contribution in [0.4, 0.5) is 13.2 Å². The number of nitrogens with zero attached hydrogens (tertiary/aromatic N) is 1. The zero-order valence-corrected chi connectivity index (χ0v) is 12.9. The quantitative estimate of drug-likeness (QED) is 0.555. The van der Waals surface area contributed by atoms with Crippen LogP contribution in [0.1, 0.15) is 16.1 Å². The average Bonchev–Trinajstić information content (AvgIpc) is 2.45. The third-order valence-corrected chi connectivity index (χ3v) is 3.57. The first-order valence-electron chi connectivity index (χ1n) is 5.74. The van der Waals surface area contributed by atoms with Crippen molar-refractivity contribution in [1.29, 1.82) is 0 Å². The molecule has 21 heavy (non-hydrogen) atoms.